The fourth-order valence-electron chi connectivity index (χ4n) is 5.09. The molecule has 0 aromatic heterocycles. The zero-order chi connectivity index (χ0) is 25.5. The molecule has 194 valence electrons. The van der Waals surface area contributed by atoms with Gasteiger partial charge in [0.25, 0.3) is 0 Å². The quantitative estimate of drug-likeness (QED) is 0.438. The van der Waals surface area contributed by atoms with Gasteiger partial charge in [-0.3, -0.25) is 4.79 Å². The smallest absolute Gasteiger partial charge is 0.223 e. The van der Waals surface area contributed by atoms with Crippen molar-refractivity contribution in [3.05, 3.63) is 108 Å². The monoisotopic (exact) mass is 501 g/mol. The summed E-state index contributed by atoms with van der Waals surface area (Å²) in [5.41, 5.74) is 3.24. The third-order valence-corrected chi connectivity index (χ3v) is 7.10. The second-order valence-corrected chi connectivity index (χ2v) is 9.91. The molecule has 2 heterocycles. The third kappa shape index (κ3) is 6.65. The van der Waals surface area contributed by atoms with E-state index in [1.807, 2.05) is 97.9 Å². The van der Waals surface area contributed by atoms with E-state index in [9.17, 15) is 4.79 Å². The van der Waals surface area contributed by atoms with Crippen LogP contribution in [0.25, 0.3) is 0 Å². The van der Waals surface area contributed by atoms with E-state index in [1.165, 1.54) is 0 Å². The molecule has 5 rings (SSSR count). The van der Waals surface area contributed by atoms with E-state index in [0.29, 0.717) is 32.8 Å². The van der Waals surface area contributed by atoms with Crippen molar-refractivity contribution < 1.29 is 23.7 Å². The Kier molecular flexibility index (Phi) is 8.64. The molecule has 0 saturated carbocycles. The summed E-state index contributed by atoms with van der Waals surface area (Å²) >= 11 is 0. The van der Waals surface area contributed by atoms with E-state index < -0.39 is 6.10 Å². The number of hydrogen-bond acceptors (Lipinski definition) is 5. The Morgan fingerprint density at radius 2 is 1.27 bits per heavy atom. The van der Waals surface area contributed by atoms with Crippen LogP contribution >= 0.6 is 0 Å². The van der Waals surface area contributed by atoms with Crippen LogP contribution in [0.1, 0.15) is 30.0 Å². The highest BCUT2D eigenvalue weighted by Gasteiger charge is 2.50. The number of benzene rings is 3. The van der Waals surface area contributed by atoms with Gasteiger partial charge in [0.2, 0.25) is 5.91 Å². The first-order chi connectivity index (χ1) is 18.2. The molecule has 2 aliphatic heterocycles. The highest BCUT2D eigenvalue weighted by Crippen LogP contribution is 2.33. The Labute approximate surface area is 218 Å². The van der Waals surface area contributed by atoms with Gasteiger partial charge < -0.3 is 24.3 Å². The summed E-state index contributed by atoms with van der Waals surface area (Å²) in [7, 11) is 0. The summed E-state index contributed by atoms with van der Waals surface area (Å²) in [5.74, 6) is -0.0950. The molecule has 1 unspecified atom stereocenters. The van der Waals surface area contributed by atoms with E-state index in [0.717, 1.165) is 16.7 Å². The molecule has 2 saturated heterocycles. The van der Waals surface area contributed by atoms with Gasteiger partial charge in [-0.2, -0.15) is 0 Å². The Morgan fingerprint density at radius 1 is 0.757 bits per heavy atom. The van der Waals surface area contributed by atoms with Gasteiger partial charge >= 0.3 is 0 Å². The SMILES string of the molecule is CC1C[C@@H]2O[C@H](COCc3ccccc3)[C@H](OCc3ccccc3)[C@H](OCc3ccccc3)[C@H]2NC1=O. The Hall–Kier alpha value is -3.03. The molecule has 0 spiro atoms. The molecule has 0 radical (unpaired) electrons. The highest BCUT2D eigenvalue weighted by molar-refractivity contribution is 5.79. The number of amides is 1. The van der Waals surface area contributed by atoms with Crippen molar-refractivity contribution in [3.63, 3.8) is 0 Å². The summed E-state index contributed by atoms with van der Waals surface area (Å²) in [6.45, 7) is 3.63. The van der Waals surface area contributed by atoms with Crippen LogP contribution in [-0.4, -0.2) is 43.0 Å². The van der Waals surface area contributed by atoms with Crippen LogP contribution in [0.15, 0.2) is 91.0 Å². The van der Waals surface area contributed by atoms with Crippen molar-refractivity contribution in [1.29, 1.82) is 0 Å². The molecule has 2 aliphatic rings. The maximum atomic E-state index is 12.7. The average molecular weight is 502 g/mol. The lowest BCUT2D eigenvalue weighted by molar-refractivity contribution is -0.239. The minimum absolute atomic E-state index is 0.0266. The van der Waals surface area contributed by atoms with E-state index in [2.05, 4.69) is 5.32 Å². The lowest BCUT2D eigenvalue weighted by Gasteiger charge is -2.49. The number of hydrogen-bond donors (Lipinski definition) is 1. The van der Waals surface area contributed by atoms with Crippen LogP contribution in [-0.2, 0) is 43.6 Å². The van der Waals surface area contributed by atoms with Crippen LogP contribution in [0, 0.1) is 5.92 Å². The van der Waals surface area contributed by atoms with Crippen LogP contribution in [0.5, 0.6) is 0 Å². The predicted molar refractivity (Wildman–Crippen MR) is 141 cm³/mol. The van der Waals surface area contributed by atoms with Gasteiger partial charge in [0.15, 0.2) is 0 Å². The number of nitrogens with one attached hydrogen (secondary N) is 1. The molecule has 3 aromatic rings. The van der Waals surface area contributed by atoms with Crippen molar-refractivity contribution >= 4 is 5.91 Å². The van der Waals surface area contributed by atoms with Crippen LogP contribution < -0.4 is 5.32 Å². The van der Waals surface area contributed by atoms with Crippen LogP contribution in [0.2, 0.25) is 0 Å². The van der Waals surface area contributed by atoms with E-state index in [1.54, 1.807) is 0 Å². The first-order valence-electron chi connectivity index (χ1n) is 13.1. The Balaban J connectivity index is 1.36. The Morgan fingerprint density at radius 3 is 1.84 bits per heavy atom. The van der Waals surface area contributed by atoms with Crippen LogP contribution in [0.4, 0.5) is 0 Å². The zero-order valence-corrected chi connectivity index (χ0v) is 21.2. The van der Waals surface area contributed by atoms with Crippen molar-refractivity contribution in [3.8, 4) is 0 Å². The summed E-state index contributed by atoms with van der Waals surface area (Å²) in [5, 5.41) is 3.18. The van der Waals surface area contributed by atoms with Gasteiger partial charge in [-0.05, 0) is 23.1 Å². The minimum Gasteiger partial charge on any atom is -0.374 e. The molecule has 37 heavy (non-hydrogen) atoms. The van der Waals surface area contributed by atoms with Crippen molar-refractivity contribution in [2.24, 2.45) is 5.92 Å². The zero-order valence-electron chi connectivity index (χ0n) is 21.2. The van der Waals surface area contributed by atoms with Gasteiger partial charge in [0, 0.05) is 5.92 Å². The van der Waals surface area contributed by atoms with Crippen molar-refractivity contribution in [2.75, 3.05) is 6.61 Å². The second kappa shape index (κ2) is 12.5. The fraction of sp³-hybridized carbons (Fsp3) is 0.387. The van der Waals surface area contributed by atoms with E-state index in [-0.39, 0.29) is 36.2 Å². The van der Waals surface area contributed by atoms with Crippen molar-refractivity contribution in [2.45, 2.75) is 63.6 Å². The van der Waals surface area contributed by atoms with Crippen molar-refractivity contribution in [1.82, 2.24) is 5.32 Å². The molecule has 6 atom stereocenters. The summed E-state index contributed by atoms with van der Waals surface area (Å²) in [6.07, 6.45) is -0.673. The third-order valence-electron chi connectivity index (χ3n) is 7.10. The molecule has 0 bridgehead atoms. The Bertz CT molecular complexity index is 1110. The molecule has 1 amide bonds. The fourth-order valence-corrected chi connectivity index (χ4v) is 5.09. The number of fused-ring (bicyclic) bond motifs is 1. The average Bonchev–Trinajstić information content (AvgIpc) is 2.93. The molecule has 6 heteroatoms. The lowest BCUT2D eigenvalue weighted by Crippen LogP contribution is -2.68. The number of carbonyl (C=O) groups is 1. The van der Waals surface area contributed by atoms with Gasteiger partial charge in [-0.25, -0.2) is 0 Å². The molecular formula is C31H35NO5. The summed E-state index contributed by atoms with van der Waals surface area (Å²) in [6, 6.07) is 29.9. The molecular weight excluding hydrogens is 466 g/mol. The number of piperidine rings is 1. The minimum atomic E-state index is -0.422. The van der Waals surface area contributed by atoms with Gasteiger partial charge in [-0.1, -0.05) is 97.9 Å². The topological polar surface area (TPSA) is 66.0 Å². The molecule has 0 aliphatic carbocycles. The second-order valence-electron chi connectivity index (χ2n) is 9.91. The normalized spacial score (nSPS) is 27.3. The number of ether oxygens (including phenoxy) is 4. The maximum absolute atomic E-state index is 12.7. The number of rotatable bonds is 10. The predicted octanol–water partition coefficient (Wildman–Crippen LogP) is 4.67. The van der Waals surface area contributed by atoms with Gasteiger partial charge in [-0.15, -0.1) is 0 Å². The summed E-state index contributed by atoms with van der Waals surface area (Å²) < 4.78 is 25.8. The van der Waals surface area contributed by atoms with E-state index >= 15 is 0 Å². The van der Waals surface area contributed by atoms with Gasteiger partial charge in [0.05, 0.1) is 38.6 Å². The summed E-state index contributed by atoms with van der Waals surface area (Å²) in [4.78, 5) is 12.7. The van der Waals surface area contributed by atoms with E-state index in [4.69, 9.17) is 18.9 Å². The van der Waals surface area contributed by atoms with Crippen LogP contribution in [0.3, 0.4) is 0 Å². The molecule has 1 N–H and O–H groups in total. The first kappa shape index (κ1) is 25.6. The first-order valence-corrected chi connectivity index (χ1v) is 13.1. The standard InChI is InChI=1S/C31H35NO5/c1-22-17-26-28(32-31(22)33)30(36-20-25-15-9-4-10-16-25)29(35-19-24-13-7-3-8-14-24)27(37-26)21-34-18-23-11-5-2-6-12-23/h2-16,22,26-30H,17-21H2,1H3,(H,32,33)/t22?,26-,27+,28-,29-,30+/m0/s1. The van der Waals surface area contributed by atoms with Gasteiger partial charge in [0.1, 0.15) is 18.3 Å². The lowest BCUT2D eigenvalue weighted by atomic mass is 9.84. The molecule has 6 nitrogen and oxygen atoms in total. The number of carbonyl (C=O) groups excluding carboxylic acids is 1. The maximum Gasteiger partial charge on any atom is 0.223 e. The highest BCUT2D eigenvalue weighted by atomic mass is 16.6. The molecule has 2 fully saturated rings. The molecule has 3 aromatic carbocycles. The largest absolute Gasteiger partial charge is 0.374 e.